The lowest BCUT2D eigenvalue weighted by molar-refractivity contribution is 0.0925. The van der Waals surface area contributed by atoms with Crippen LogP contribution >= 0.6 is 11.8 Å². The van der Waals surface area contributed by atoms with Crippen molar-refractivity contribution in [3.05, 3.63) is 84.1 Å². The zero-order valence-corrected chi connectivity index (χ0v) is 20.0. The average molecular weight is 476 g/mol. The molecule has 0 fully saturated rings. The molecule has 0 saturated heterocycles. The number of rotatable bonds is 8. The second kappa shape index (κ2) is 9.99. The summed E-state index contributed by atoms with van der Waals surface area (Å²) < 4.78 is 27.3. The minimum Gasteiger partial charge on any atom is -0.497 e. The van der Waals surface area contributed by atoms with E-state index < -0.39 is 0 Å². The number of methoxy groups -OCH3 is 1. The van der Waals surface area contributed by atoms with Crippen molar-refractivity contribution in [2.24, 2.45) is 0 Å². The van der Waals surface area contributed by atoms with Gasteiger partial charge in [-0.15, -0.1) is 11.8 Å². The smallest absolute Gasteiger partial charge is 0.123 e. The molecular weight excluding hydrogens is 449 g/mol. The maximum absolute atomic E-state index is 13.6. The van der Waals surface area contributed by atoms with Crippen LogP contribution in [0.2, 0.25) is 0 Å². The Morgan fingerprint density at radius 3 is 2.59 bits per heavy atom. The molecule has 174 valence electrons. The van der Waals surface area contributed by atoms with Crippen LogP contribution in [0.15, 0.2) is 71.9 Å². The Labute approximate surface area is 203 Å². The summed E-state index contributed by atoms with van der Waals surface area (Å²) in [6, 6.07) is 18.8. The highest BCUT2D eigenvalue weighted by Crippen LogP contribution is 2.40. The van der Waals surface area contributed by atoms with Gasteiger partial charge in [0.1, 0.15) is 17.4 Å². The fourth-order valence-corrected chi connectivity index (χ4v) is 4.83. The first-order chi connectivity index (χ1) is 16.7. The average Bonchev–Trinajstić information content (AvgIpc) is 3.45. The zero-order valence-electron chi connectivity index (χ0n) is 19.2. The van der Waals surface area contributed by atoms with Gasteiger partial charge in [-0.2, -0.15) is 0 Å². The van der Waals surface area contributed by atoms with Crippen molar-refractivity contribution in [1.29, 1.82) is 0 Å². The Morgan fingerprint density at radius 1 is 1.06 bits per heavy atom. The van der Waals surface area contributed by atoms with E-state index in [2.05, 4.69) is 15.6 Å². The molecule has 2 aromatic carbocycles. The van der Waals surface area contributed by atoms with Crippen LogP contribution < -0.4 is 4.74 Å². The SMILES string of the molecule is COc1ccc(COC[C@H]2CCc3nc(-c4ccc(F)cc4)c(-c4ccnc(SC)c4)n32)cc1. The Hall–Kier alpha value is -3.16. The van der Waals surface area contributed by atoms with E-state index in [1.54, 1.807) is 31.0 Å². The van der Waals surface area contributed by atoms with Gasteiger partial charge >= 0.3 is 0 Å². The summed E-state index contributed by atoms with van der Waals surface area (Å²) in [7, 11) is 1.66. The van der Waals surface area contributed by atoms with Gasteiger partial charge in [0.05, 0.1) is 42.8 Å². The highest BCUT2D eigenvalue weighted by atomic mass is 32.2. The third-order valence-electron chi connectivity index (χ3n) is 6.12. The molecule has 0 radical (unpaired) electrons. The highest BCUT2D eigenvalue weighted by Gasteiger charge is 2.30. The number of nitrogens with zero attached hydrogens (tertiary/aromatic N) is 3. The molecule has 0 bridgehead atoms. The normalized spacial score (nSPS) is 14.9. The standard InChI is InChI=1S/C27H26FN3O2S/c1-32-23-10-3-18(4-11-23)16-33-17-22-9-12-24-30-26(19-5-7-21(28)8-6-19)27(31(22)24)20-13-14-29-25(15-20)34-2/h3-8,10-11,13-15,22H,9,12,16-17H2,1-2H3/t22-/m1/s1. The van der Waals surface area contributed by atoms with Gasteiger partial charge in [0.15, 0.2) is 0 Å². The minimum absolute atomic E-state index is 0.177. The van der Waals surface area contributed by atoms with E-state index in [9.17, 15) is 4.39 Å². The van der Waals surface area contributed by atoms with Gasteiger partial charge in [0.25, 0.3) is 0 Å². The van der Waals surface area contributed by atoms with Crippen LogP contribution in [0, 0.1) is 5.82 Å². The maximum atomic E-state index is 13.6. The lowest BCUT2D eigenvalue weighted by atomic mass is 10.0. The van der Waals surface area contributed by atoms with Crippen molar-refractivity contribution in [1.82, 2.24) is 14.5 Å². The molecule has 7 heteroatoms. The predicted molar refractivity (Wildman–Crippen MR) is 133 cm³/mol. The fourth-order valence-electron chi connectivity index (χ4n) is 4.42. The summed E-state index contributed by atoms with van der Waals surface area (Å²) in [5.74, 6) is 1.62. The first kappa shape index (κ1) is 22.6. The van der Waals surface area contributed by atoms with Gasteiger partial charge in [0, 0.05) is 23.7 Å². The molecule has 0 unspecified atom stereocenters. The molecule has 5 rings (SSSR count). The van der Waals surface area contributed by atoms with Crippen LogP contribution in [0.5, 0.6) is 5.75 Å². The quantitative estimate of drug-likeness (QED) is 0.285. The van der Waals surface area contributed by atoms with E-state index in [-0.39, 0.29) is 11.9 Å². The molecule has 5 nitrogen and oxygen atoms in total. The van der Waals surface area contributed by atoms with Gasteiger partial charge in [-0.1, -0.05) is 12.1 Å². The van der Waals surface area contributed by atoms with E-state index in [4.69, 9.17) is 14.5 Å². The first-order valence-electron chi connectivity index (χ1n) is 11.2. The summed E-state index contributed by atoms with van der Waals surface area (Å²) >= 11 is 1.61. The summed E-state index contributed by atoms with van der Waals surface area (Å²) in [5, 5.41) is 0.948. The van der Waals surface area contributed by atoms with Crippen molar-refractivity contribution in [3.63, 3.8) is 0 Å². The van der Waals surface area contributed by atoms with Gasteiger partial charge in [-0.25, -0.2) is 14.4 Å². The second-order valence-electron chi connectivity index (χ2n) is 8.24. The molecule has 3 heterocycles. The molecule has 0 saturated carbocycles. The topological polar surface area (TPSA) is 49.2 Å². The molecule has 1 atom stereocenters. The zero-order chi connectivity index (χ0) is 23.5. The Kier molecular flexibility index (Phi) is 6.65. The molecular formula is C27H26FN3O2S. The van der Waals surface area contributed by atoms with Crippen LogP contribution in [-0.4, -0.2) is 34.5 Å². The third-order valence-corrected chi connectivity index (χ3v) is 6.77. The van der Waals surface area contributed by atoms with E-state index >= 15 is 0 Å². The molecule has 4 aromatic rings. The summed E-state index contributed by atoms with van der Waals surface area (Å²) in [5.41, 5.74) is 4.97. The molecule has 0 spiro atoms. The van der Waals surface area contributed by atoms with Crippen LogP contribution in [-0.2, 0) is 17.8 Å². The molecule has 0 amide bonds. The first-order valence-corrected chi connectivity index (χ1v) is 12.5. The predicted octanol–water partition coefficient (Wildman–Crippen LogP) is 6.19. The summed E-state index contributed by atoms with van der Waals surface area (Å²) in [4.78, 5) is 9.44. The van der Waals surface area contributed by atoms with Crippen molar-refractivity contribution in [2.75, 3.05) is 20.0 Å². The number of fused-ring (bicyclic) bond motifs is 1. The third kappa shape index (κ3) is 4.58. The molecule has 2 aromatic heterocycles. The Bertz CT molecular complexity index is 1270. The number of hydrogen-bond acceptors (Lipinski definition) is 5. The Balaban J connectivity index is 1.46. The highest BCUT2D eigenvalue weighted by molar-refractivity contribution is 7.98. The number of thioether (sulfide) groups is 1. The number of halogens is 1. The van der Waals surface area contributed by atoms with Gasteiger partial charge < -0.3 is 14.0 Å². The van der Waals surface area contributed by atoms with Gasteiger partial charge in [-0.3, -0.25) is 0 Å². The van der Waals surface area contributed by atoms with E-state index in [1.807, 2.05) is 42.8 Å². The van der Waals surface area contributed by atoms with E-state index in [0.29, 0.717) is 13.2 Å². The van der Waals surface area contributed by atoms with Crippen LogP contribution in [0.3, 0.4) is 0 Å². The summed E-state index contributed by atoms with van der Waals surface area (Å²) in [6.45, 7) is 1.13. The minimum atomic E-state index is -0.254. The molecule has 0 aliphatic carbocycles. The number of ether oxygens (including phenoxy) is 2. The molecule has 1 aliphatic rings. The van der Waals surface area contributed by atoms with Crippen molar-refractivity contribution >= 4 is 11.8 Å². The lowest BCUT2D eigenvalue weighted by Crippen LogP contribution is -2.13. The fraction of sp³-hybridized carbons (Fsp3) is 0.259. The van der Waals surface area contributed by atoms with Crippen molar-refractivity contribution < 1.29 is 13.9 Å². The number of imidazole rings is 1. The molecule has 1 aliphatic heterocycles. The van der Waals surface area contributed by atoms with Gasteiger partial charge in [0.2, 0.25) is 0 Å². The number of hydrogen-bond donors (Lipinski definition) is 0. The summed E-state index contributed by atoms with van der Waals surface area (Å²) in [6.07, 6.45) is 5.71. The van der Waals surface area contributed by atoms with E-state index in [0.717, 1.165) is 57.5 Å². The monoisotopic (exact) mass is 475 g/mol. The number of aromatic nitrogens is 3. The Morgan fingerprint density at radius 2 is 1.85 bits per heavy atom. The number of aryl methyl sites for hydroxylation is 1. The van der Waals surface area contributed by atoms with Gasteiger partial charge in [-0.05, 0) is 66.8 Å². The van der Waals surface area contributed by atoms with Crippen LogP contribution in [0.4, 0.5) is 4.39 Å². The van der Waals surface area contributed by atoms with E-state index in [1.165, 1.54) is 12.1 Å². The second-order valence-corrected chi connectivity index (χ2v) is 9.07. The van der Waals surface area contributed by atoms with Crippen LogP contribution in [0.1, 0.15) is 23.9 Å². The largest absolute Gasteiger partial charge is 0.497 e. The van der Waals surface area contributed by atoms with Crippen molar-refractivity contribution in [3.8, 4) is 28.3 Å². The molecule has 34 heavy (non-hydrogen) atoms. The van der Waals surface area contributed by atoms with Crippen LogP contribution in [0.25, 0.3) is 22.5 Å². The number of benzene rings is 2. The lowest BCUT2D eigenvalue weighted by Gasteiger charge is -2.18. The maximum Gasteiger partial charge on any atom is 0.123 e. The number of pyridine rings is 1. The van der Waals surface area contributed by atoms with Crippen molar-refractivity contribution in [2.45, 2.75) is 30.5 Å². The molecule has 0 N–H and O–H groups in total.